The van der Waals surface area contributed by atoms with E-state index in [2.05, 4.69) is 5.32 Å². The molecule has 1 fully saturated rings. The van der Waals surface area contributed by atoms with E-state index in [1.807, 2.05) is 19.9 Å². The van der Waals surface area contributed by atoms with Crippen LogP contribution in [0.25, 0.3) is 0 Å². The van der Waals surface area contributed by atoms with Crippen molar-refractivity contribution in [2.24, 2.45) is 0 Å². The number of imide groups is 1. The zero-order valence-corrected chi connectivity index (χ0v) is 16.1. The summed E-state index contributed by atoms with van der Waals surface area (Å²) >= 11 is 0. The Bertz CT molecular complexity index is 731. The number of hydrogen-bond donors (Lipinski definition) is 1. The third-order valence-corrected chi connectivity index (χ3v) is 4.62. The van der Waals surface area contributed by atoms with Gasteiger partial charge in [-0.3, -0.25) is 4.79 Å². The van der Waals surface area contributed by atoms with Gasteiger partial charge < -0.3 is 14.8 Å². The summed E-state index contributed by atoms with van der Waals surface area (Å²) in [6.45, 7) is 8.61. The molecule has 26 heavy (non-hydrogen) atoms. The topological polar surface area (TPSA) is 84.9 Å². The van der Waals surface area contributed by atoms with Crippen LogP contribution in [0.4, 0.5) is 4.79 Å². The van der Waals surface area contributed by atoms with Gasteiger partial charge in [0.1, 0.15) is 17.3 Å². The molecule has 0 bridgehead atoms. The maximum Gasteiger partial charge on any atom is 0.329 e. The molecule has 2 atom stereocenters. The van der Waals surface area contributed by atoms with Crippen LogP contribution in [0, 0.1) is 6.92 Å². The average molecular weight is 362 g/mol. The maximum atomic E-state index is 13.2. The summed E-state index contributed by atoms with van der Waals surface area (Å²) in [4.78, 5) is 38.8. The van der Waals surface area contributed by atoms with Gasteiger partial charge in [0.2, 0.25) is 0 Å². The van der Waals surface area contributed by atoms with E-state index >= 15 is 0 Å². The first-order valence-electron chi connectivity index (χ1n) is 8.69. The third kappa shape index (κ3) is 3.25. The Labute approximate surface area is 153 Å². The summed E-state index contributed by atoms with van der Waals surface area (Å²) in [5.74, 6) is -0.369. The van der Waals surface area contributed by atoms with Crippen molar-refractivity contribution in [3.63, 3.8) is 0 Å². The lowest BCUT2D eigenvalue weighted by atomic mass is 9.86. The largest absolute Gasteiger partial charge is 0.496 e. The molecule has 1 aromatic carbocycles. The van der Waals surface area contributed by atoms with E-state index < -0.39 is 29.5 Å². The molecule has 1 aliphatic heterocycles. The minimum absolute atomic E-state index is 0.328. The van der Waals surface area contributed by atoms with E-state index in [-0.39, 0.29) is 6.10 Å². The number of aryl methyl sites for hydroxylation is 1. The molecule has 1 aliphatic rings. The molecule has 1 saturated heterocycles. The van der Waals surface area contributed by atoms with Gasteiger partial charge in [0, 0.05) is 0 Å². The van der Waals surface area contributed by atoms with Gasteiger partial charge in [0.15, 0.2) is 0 Å². The fraction of sp³-hybridized carbons (Fsp3) is 0.526. The summed E-state index contributed by atoms with van der Waals surface area (Å²) in [6.07, 6.45) is 0.0251. The van der Waals surface area contributed by atoms with E-state index in [0.717, 1.165) is 10.5 Å². The Morgan fingerprint density at radius 3 is 2.42 bits per heavy atom. The highest BCUT2D eigenvalue weighted by Gasteiger charge is 2.54. The molecule has 0 aromatic heterocycles. The van der Waals surface area contributed by atoms with Crippen molar-refractivity contribution in [3.8, 4) is 5.75 Å². The Balaban J connectivity index is 2.40. The summed E-state index contributed by atoms with van der Waals surface area (Å²) < 4.78 is 10.4. The van der Waals surface area contributed by atoms with Crippen LogP contribution in [-0.2, 0) is 19.9 Å². The van der Waals surface area contributed by atoms with E-state index in [9.17, 15) is 14.4 Å². The minimum atomic E-state index is -1.21. The summed E-state index contributed by atoms with van der Waals surface area (Å²) in [7, 11) is 1.57. The maximum absolute atomic E-state index is 13.2. The van der Waals surface area contributed by atoms with Crippen LogP contribution in [0.2, 0.25) is 0 Å². The Kier molecular flexibility index (Phi) is 5.59. The highest BCUT2D eigenvalue weighted by atomic mass is 16.5. The van der Waals surface area contributed by atoms with E-state index in [0.29, 0.717) is 17.7 Å². The summed E-state index contributed by atoms with van der Waals surface area (Å²) in [5.41, 5.74) is 0.301. The van der Waals surface area contributed by atoms with Crippen molar-refractivity contribution < 1.29 is 23.9 Å². The molecule has 2 unspecified atom stereocenters. The van der Waals surface area contributed by atoms with Crippen LogP contribution >= 0.6 is 0 Å². The van der Waals surface area contributed by atoms with Crippen LogP contribution in [0.15, 0.2) is 18.2 Å². The Morgan fingerprint density at radius 1 is 1.27 bits per heavy atom. The van der Waals surface area contributed by atoms with E-state index in [1.54, 1.807) is 33.1 Å². The minimum Gasteiger partial charge on any atom is -0.496 e. The molecular formula is C19H26N2O5. The molecule has 0 aliphatic carbocycles. The molecule has 142 valence electrons. The van der Waals surface area contributed by atoms with E-state index in [1.165, 1.54) is 6.92 Å². The van der Waals surface area contributed by atoms with Gasteiger partial charge in [-0.05, 0) is 57.4 Å². The quantitative estimate of drug-likeness (QED) is 0.621. The lowest BCUT2D eigenvalue weighted by Gasteiger charge is -2.27. The number of amides is 3. The van der Waals surface area contributed by atoms with Crippen LogP contribution in [-0.4, -0.2) is 42.1 Å². The van der Waals surface area contributed by atoms with Gasteiger partial charge in [-0.1, -0.05) is 13.0 Å². The first kappa shape index (κ1) is 19.8. The number of nitrogens with zero attached hydrogens (tertiary/aromatic N) is 1. The second kappa shape index (κ2) is 7.35. The van der Waals surface area contributed by atoms with Gasteiger partial charge in [0.05, 0.1) is 13.2 Å². The highest BCUT2D eigenvalue weighted by Crippen LogP contribution is 2.35. The van der Waals surface area contributed by atoms with Crippen molar-refractivity contribution in [1.82, 2.24) is 10.2 Å². The molecule has 7 nitrogen and oxygen atoms in total. The molecule has 2 rings (SSSR count). The number of carbonyl (C=O) groups is 3. The molecule has 1 heterocycles. The van der Waals surface area contributed by atoms with Crippen LogP contribution in [0.5, 0.6) is 5.75 Å². The second-order valence-corrected chi connectivity index (χ2v) is 6.71. The van der Waals surface area contributed by atoms with Crippen molar-refractivity contribution in [2.45, 2.75) is 58.7 Å². The molecule has 0 spiro atoms. The zero-order chi connectivity index (χ0) is 19.6. The number of rotatable bonds is 6. The molecule has 1 N–H and O–H groups in total. The first-order chi connectivity index (χ1) is 12.2. The standard InChI is InChI=1S/C19H26N2O5/c1-7-19(14-8-9-15(25-6)12(4)10-14)17(23)21(18(24)20-19)13(5)16(22)26-11(2)3/h8-11,13H,7H2,1-6H3,(H,20,24). The van der Waals surface area contributed by atoms with Gasteiger partial charge in [-0.2, -0.15) is 0 Å². The van der Waals surface area contributed by atoms with Gasteiger partial charge in [0.25, 0.3) is 5.91 Å². The Morgan fingerprint density at radius 2 is 1.92 bits per heavy atom. The first-order valence-corrected chi connectivity index (χ1v) is 8.69. The van der Waals surface area contributed by atoms with Gasteiger partial charge in [-0.25, -0.2) is 14.5 Å². The molecule has 3 amide bonds. The van der Waals surface area contributed by atoms with Crippen molar-refractivity contribution >= 4 is 17.9 Å². The number of esters is 1. The van der Waals surface area contributed by atoms with Gasteiger partial charge >= 0.3 is 12.0 Å². The molecule has 1 aromatic rings. The predicted molar refractivity (Wildman–Crippen MR) is 95.8 cm³/mol. The fourth-order valence-electron chi connectivity index (χ4n) is 3.17. The highest BCUT2D eigenvalue weighted by molar-refractivity contribution is 6.09. The van der Waals surface area contributed by atoms with Crippen molar-refractivity contribution in [3.05, 3.63) is 29.3 Å². The molecule has 0 radical (unpaired) electrons. The molecular weight excluding hydrogens is 336 g/mol. The van der Waals surface area contributed by atoms with E-state index in [4.69, 9.17) is 9.47 Å². The summed E-state index contributed by atoms with van der Waals surface area (Å²) in [6, 6.07) is 3.74. The number of ether oxygens (including phenoxy) is 2. The van der Waals surface area contributed by atoms with Crippen LogP contribution in [0.3, 0.4) is 0 Å². The van der Waals surface area contributed by atoms with Crippen LogP contribution < -0.4 is 10.1 Å². The number of methoxy groups -OCH3 is 1. The monoisotopic (exact) mass is 362 g/mol. The Hall–Kier alpha value is -2.57. The lowest BCUT2D eigenvalue weighted by Crippen LogP contribution is -2.47. The summed E-state index contributed by atoms with van der Waals surface area (Å²) in [5, 5.41) is 2.78. The number of benzene rings is 1. The predicted octanol–water partition coefficient (Wildman–Crippen LogP) is 2.50. The van der Waals surface area contributed by atoms with Crippen molar-refractivity contribution in [1.29, 1.82) is 0 Å². The molecule has 7 heteroatoms. The average Bonchev–Trinajstić information content (AvgIpc) is 2.84. The van der Waals surface area contributed by atoms with Crippen LogP contribution in [0.1, 0.15) is 45.2 Å². The normalized spacial score (nSPS) is 21.0. The smallest absolute Gasteiger partial charge is 0.329 e. The SMILES string of the molecule is CCC1(c2ccc(OC)c(C)c2)NC(=O)N(C(C)C(=O)OC(C)C)C1=O. The third-order valence-electron chi connectivity index (χ3n) is 4.62. The fourth-order valence-corrected chi connectivity index (χ4v) is 3.17. The number of hydrogen-bond acceptors (Lipinski definition) is 5. The van der Waals surface area contributed by atoms with Crippen molar-refractivity contribution in [2.75, 3.05) is 7.11 Å². The molecule has 0 saturated carbocycles. The number of carbonyl (C=O) groups excluding carboxylic acids is 3. The number of nitrogens with one attached hydrogen (secondary N) is 1. The zero-order valence-electron chi connectivity index (χ0n) is 16.1. The second-order valence-electron chi connectivity index (χ2n) is 6.71. The number of urea groups is 1. The lowest BCUT2D eigenvalue weighted by molar-refractivity contribution is -0.155. The van der Waals surface area contributed by atoms with Gasteiger partial charge in [-0.15, -0.1) is 0 Å².